The maximum absolute atomic E-state index is 13.4. The second-order valence-corrected chi connectivity index (χ2v) is 10.00. The largest absolute Gasteiger partial charge is 0.368 e. The van der Waals surface area contributed by atoms with Crippen molar-refractivity contribution in [3.8, 4) is 0 Å². The average Bonchev–Trinajstić information content (AvgIpc) is 3.13. The van der Waals surface area contributed by atoms with Crippen LogP contribution < -0.4 is 22.1 Å². The Balaban J connectivity index is 1.47. The van der Waals surface area contributed by atoms with Gasteiger partial charge in [0.05, 0.1) is 6.04 Å². The van der Waals surface area contributed by atoms with E-state index < -0.39 is 29.9 Å². The Bertz CT molecular complexity index is 952. The number of nitrogens with two attached hydrogens (primary N) is 2. The van der Waals surface area contributed by atoms with Crippen LogP contribution >= 0.6 is 0 Å². The highest BCUT2D eigenvalue weighted by molar-refractivity contribution is 5.94. The number of carbonyl (C=O) groups is 4. The summed E-state index contributed by atoms with van der Waals surface area (Å²) in [7, 11) is 0. The monoisotopic (exact) mass is 456 g/mol. The molecule has 0 aromatic carbocycles. The van der Waals surface area contributed by atoms with Crippen molar-refractivity contribution in [3.63, 3.8) is 0 Å². The Morgan fingerprint density at radius 3 is 2.70 bits per heavy atom. The fraction of sp³-hybridized carbons (Fsp3) is 0.609. The molecular weight excluding hydrogens is 424 g/mol. The van der Waals surface area contributed by atoms with Gasteiger partial charge in [0.15, 0.2) is 0 Å². The highest BCUT2D eigenvalue weighted by atomic mass is 16.2. The number of hydrogen-bond acceptors (Lipinski definition) is 6. The first kappa shape index (κ1) is 23.2. The predicted octanol–water partition coefficient (Wildman–Crippen LogP) is -1.07. The van der Waals surface area contributed by atoms with Gasteiger partial charge in [-0.3, -0.25) is 24.2 Å². The number of rotatable bonds is 8. The number of carbonyl (C=O) groups excluding carboxylic acids is 4. The van der Waals surface area contributed by atoms with Gasteiger partial charge in [-0.25, -0.2) is 0 Å². The SMILES string of the molecule is CC1(C)[C@@H]2[C@@H](C(=O)N[C@@H](C[C@@H]3CCNC3=O)C(N)=O)N(C(=O)[C@@H](N)Cc3ccccn3)C[C@@H]21. The van der Waals surface area contributed by atoms with Gasteiger partial charge in [0, 0.05) is 37.3 Å². The number of piperidine rings is 1. The third-order valence-electron chi connectivity index (χ3n) is 7.58. The molecule has 178 valence electrons. The van der Waals surface area contributed by atoms with Crippen molar-refractivity contribution in [1.29, 1.82) is 0 Å². The van der Waals surface area contributed by atoms with Crippen molar-refractivity contribution in [2.24, 2.45) is 34.6 Å². The van der Waals surface area contributed by atoms with Crippen molar-refractivity contribution >= 4 is 23.6 Å². The molecule has 2 aliphatic heterocycles. The Labute approximate surface area is 192 Å². The van der Waals surface area contributed by atoms with Gasteiger partial charge in [0.1, 0.15) is 12.1 Å². The van der Waals surface area contributed by atoms with Crippen molar-refractivity contribution in [2.75, 3.05) is 13.1 Å². The molecule has 33 heavy (non-hydrogen) atoms. The fourth-order valence-corrected chi connectivity index (χ4v) is 5.52. The summed E-state index contributed by atoms with van der Waals surface area (Å²) in [6.45, 7) is 5.13. The topological polar surface area (TPSA) is 161 Å². The average molecular weight is 457 g/mol. The molecule has 1 aliphatic carbocycles. The molecule has 3 aliphatic rings. The molecule has 1 saturated carbocycles. The zero-order valence-electron chi connectivity index (χ0n) is 19.0. The summed E-state index contributed by atoms with van der Waals surface area (Å²) >= 11 is 0. The lowest BCUT2D eigenvalue weighted by Crippen LogP contribution is -2.57. The number of amides is 4. The molecule has 0 bridgehead atoms. The Hall–Kier alpha value is -3.01. The van der Waals surface area contributed by atoms with Gasteiger partial charge in [-0.1, -0.05) is 19.9 Å². The van der Waals surface area contributed by atoms with Crippen LogP contribution in [0.3, 0.4) is 0 Å². The van der Waals surface area contributed by atoms with Gasteiger partial charge in [-0.2, -0.15) is 0 Å². The van der Waals surface area contributed by atoms with Crippen LogP contribution in [0.2, 0.25) is 0 Å². The van der Waals surface area contributed by atoms with Crippen LogP contribution in [0.25, 0.3) is 0 Å². The molecule has 2 saturated heterocycles. The first-order valence-corrected chi connectivity index (χ1v) is 11.4. The van der Waals surface area contributed by atoms with Gasteiger partial charge >= 0.3 is 0 Å². The van der Waals surface area contributed by atoms with Crippen molar-refractivity contribution < 1.29 is 19.2 Å². The summed E-state index contributed by atoms with van der Waals surface area (Å²) in [5, 5.41) is 5.46. The van der Waals surface area contributed by atoms with E-state index in [2.05, 4.69) is 29.5 Å². The molecule has 3 fully saturated rings. The van der Waals surface area contributed by atoms with Crippen LogP contribution in [-0.2, 0) is 25.6 Å². The van der Waals surface area contributed by atoms with Crippen LogP contribution in [0, 0.1) is 23.2 Å². The third-order valence-corrected chi connectivity index (χ3v) is 7.58. The minimum atomic E-state index is -0.980. The molecule has 10 nitrogen and oxygen atoms in total. The zero-order chi connectivity index (χ0) is 23.9. The number of hydrogen-bond donors (Lipinski definition) is 4. The number of nitrogens with one attached hydrogen (secondary N) is 2. The highest BCUT2D eigenvalue weighted by Gasteiger charge is 2.69. The van der Waals surface area contributed by atoms with E-state index in [1.165, 1.54) is 0 Å². The van der Waals surface area contributed by atoms with E-state index in [0.717, 1.165) is 0 Å². The molecule has 6 N–H and O–H groups in total. The third kappa shape index (κ3) is 4.44. The Kier molecular flexibility index (Phi) is 6.13. The van der Waals surface area contributed by atoms with Gasteiger partial charge in [-0.05, 0) is 42.2 Å². The summed E-state index contributed by atoms with van der Waals surface area (Å²) in [6.07, 6.45) is 2.64. The van der Waals surface area contributed by atoms with Crippen LogP contribution in [0.15, 0.2) is 24.4 Å². The van der Waals surface area contributed by atoms with Crippen molar-refractivity contribution in [3.05, 3.63) is 30.1 Å². The summed E-state index contributed by atoms with van der Waals surface area (Å²) in [5.74, 6) is -1.78. The smallest absolute Gasteiger partial charge is 0.243 e. The number of aromatic nitrogens is 1. The predicted molar refractivity (Wildman–Crippen MR) is 119 cm³/mol. The van der Waals surface area contributed by atoms with E-state index >= 15 is 0 Å². The molecule has 1 aromatic rings. The number of fused-ring (bicyclic) bond motifs is 1. The van der Waals surface area contributed by atoms with E-state index in [4.69, 9.17) is 11.5 Å². The van der Waals surface area contributed by atoms with E-state index in [1.807, 2.05) is 6.07 Å². The van der Waals surface area contributed by atoms with Crippen LogP contribution in [-0.4, -0.2) is 64.7 Å². The van der Waals surface area contributed by atoms with Crippen LogP contribution in [0.4, 0.5) is 0 Å². The second-order valence-electron chi connectivity index (χ2n) is 10.00. The Morgan fingerprint density at radius 1 is 1.33 bits per heavy atom. The molecular formula is C23H32N6O4. The van der Waals surface area contributed by atoms with Crippen molar-refractivity contribution in [2.45, 2.75) is 51.2 Å². The molecule has 4 rings (SSSR count). The van der Waals surface area contributed by atoms with Crippen LogP contribution in [0.1, 0.15) is 32.4 Å². The van der Waals surface area contributed by atoms with Gasteiger partial charge < -0.3 is 27.0 Å². The van der Waals surface area contributed by atoms with E-state index in [0.29, 0.717) is 25.2 Å². The standard InChI is InChI=1S/C23H32N6O4/c1-23(2)14-11-29(22(33)15(24)10-13-5-3-4-7-26-13)18(17(14)23)21(32)28-16(19(25)30)9-12-6-8-27-20(12)31/h3-5,7,12,14-18H,6,8-11,24H2,1-2H3,(H2,25,30)(H,27,31)(H,28,32)/t12-,14-,15-,16-,17-,18-/m0/s1. The summed E-state index contributed by atoms with van der Waals surface area (Å²) in [6, 6.07) is 2.89. The molecule has 10 heteroatoms. The Morgan fingerprint density at radius 2 is 2.09 bits per heavy atom. The summed E-state index contributed by atoms with van der Waals surface area (Å²) in [5.41, 5.74) is 12.4. The lowest BCUT2D eigenvalue weighted by molar-refractivity contribution is -0.142. The number of likely N-dealkylation sites (tertiary alicyclic amines) is 1. The first-order valence-electron chi connectivity index (χ1n) is 11.4. The van der Waals surface area contributed by atoms with Gasteiger partial charge in [-0.15, -0.1) is 0 Å². The van der Waals surface area contributed by atoms with Crippen molar-refractivity contribution in [1.82, 2.24) is 20.5 Å². The molecule has 4 amide bonds. The number of nitrogens with zero attached hydrogens (tertiary/aromatic N) is 2. The minimum Gasteiger partial charge on any atom is -0.368 e. The maximum Gasteiger partial charge on any atom is 0.243 e. The second kappa shape index (κ2) is 8.74. The van der Waals surface area contributed by atoms with E-state index in [1.54, 1.807) is 23.2 Å². The number of primary amides is 1. The molecule has 0 radical (unpaired) electrons. The lowest BCUT2D eigenvalue weighted by atomic mass is 9.96. The van der Waals surface area contributed by atoms with E-state index in [-0.39, 0.29) is 47.8 Å². The van der Waals surface area contributed by atoms with E-state index in [9.17, 15) is 19.2 Å². The normalized spacial score (nSPS) is 29.1. The summed E-state index contributed by atoms with van der Waals surface area (Å²) < 4.78 is 0. The maximum atomic E-state index is 13.4. The van der Waals surface area contributed by atoms with Gasteiger partial charge in [0.25, 0.3) is 0 Å². The van der Waals surface area contributed by atoms with Gasteiger partial charge in [0.2, 0.25) is 23.6 Å². The van der Waals surface area contributed by atoms with Crippen LogP contribution in [0.5, 0.6) is 0 Å². The quantitative estimate of drug-likeness (QED) is 0.390. The molecule has 0 unspecified atom stereocenters. The molecule has 6 atom stereocenters. The molecule has 1 aromatic heterocycles. The summed E-state index contributed by atoms with van der Waals surface area (Å²) in [4.78, 5) is 56.4. The zero-order valence-corrected chi connectivity index (χ0v) is 19.0. The first-order chi connectivity index (χ1) is 15.6. The fourth-order valence-electron chi connectivity index (χ4n) is 5.52. The highest BCUT2D eigenvalue weighted by Crippen LogP contribution is 2.64. The number of pyridine rings is 1. The minimum absolute atomic E-state index is 0.0215. The lowest BCUT2D eigenvalue weighted by Gasteiger charge is -2.32. The molecule has 3 heterocycles. The molecule has 0 spiro atoms.